The van der Waals surface area contributed by atoms with Crippen molar-refractivity contribution in [2.75, 3.05) is 54.4 Å². The van der Waals surface area contributed by atoms with Crippen molar-refractivity contribution in [3.8, 4) is 0 Å². The predicted molar refractivity (Wildman–Crippen MR) is 59.1 cm³/mol. The van der Waals surface area contributed by atoms with E-state index < -0.39 is 0 Å². The van der Waals surface area contributed by atoms with E-state index in [0.717, 1.165) is 26.2 Å². The molecule has 13 heavy (non-hydrogen) atoms. The van der Waals surface area contributed by atoms with Gasteiger partial charge in [0.25, 0.3) is 0 Å². The van der Waals surface area contributed by atoms with E-state index in [9.17, 15) is 0 Å². The third-order valence-corrected chi connectivity index (χ3v) is 1.85. The topological polar surface area (TPSA) is 18.5 Å². The number of nitrogens with zero attached hydrogens (tertiary/aromatic N) is 2. The van der Waals surface area contributed by atoms with Crippen LogP contribution in [0, 0.1) is 0 Å². The molecule has 0 radical (unpaired) electrons. The highest BCUT2D eigenvalue weighted by molar-refractivity contribution is 4.98. The lowest BCUT2D eigenvalue weighted by Gasteiger charge is -2.20. The minimum absolute atomic E-state index is 0.909. The molecule has 0 saturated carbocycles. The van der Waals surface area contributed by atoms with Gasteiger partial charge >= 0.3 is 0 Å². The van der Waals surface area contributed by atoms with Crippen LogP contribution in [0.3, 0.4) is 0 Å². The molecule has 0 saturated heterocycles. The van der Waals surface area contributed by atoms with E-state index >= 15 is 0 Å². The molecular formula is C10H23N3. The maximum absolute atomic E-state index is 3.99. The minimum Gasteiger partial charge on any atom is -0.316 e. The van der Waals surface area contributed by atoms with Crippen LogP contribution in [0.15, 0.2) is 12.2 Å². The second-order valence-corrected chi connectivity index (χ2v) is 3.82. The van der Waals surface area contributed by atoms with Gasteiger partial charge in [0.05, 0.1) is 0 Å². The van der Waals surface area contributed by atoms with Crippen molar-refractivity contribution in [2.45, 2.75) is 0 Å². The lowest BCUT2D eigenvalue weighted by molar-refractivity contribution is 0.297. The van der Waals surface area contributed by atoms with Crippen molar-refractivity contribution in [2.24, 2.45) is 0 Å². The van der Waals surface area contributed by atoms with E-state index in [0.29, 0.717) is 0 Å². The van der Waals surface area contributed by atoms with Crippen molar-refractivity contribution in [1.82, 2.24) is 15.1 Å². The first kappa shape index (κ1) is 12.6. The summed E-state index contributed by atoms with van der Waals surface area (Å²) in [5.41, 5.74) is 1.24. The zero-order valence-corrected chi connectivity index (χ0v) is 9.43. The predicted octanol–water partition coefficient (Wildman–Crippen LogP) is 0.255. The van der Waals surface area contributed by atoms with Crippen molar-refractivity contribution in [3.05, 3.63) is 12.2 Å². The van der Waals surface area contributed by atoms with Gasteiger partial charge in [-0.1, -0.05) is 6.58 Å². The molecular weight excluding hydrogens is 162 g/mol. The number of likely N-dealkylation sites (N-methyl/N-ethyl adjacent to an activating group) is 3. The third kappa shape index (κ3) is 7.96. The largest absolute Gasteiger partial charge is 0.316 e. The van der Waals surface area contributed by atoms with Crippen molar-refractivity contribution >= 4 is 0 Å². The van der Waals surface area contributed by atoms with Crippen molar-refractivity contribution in [1.29, 1.82) is 0 Å². The zero-order valence-electron chi connectivity index (χ0n) is 9.43. The van der Waals surface area contributed by atoms with Crippen LogP contribution in [0.1, 0.15) is 0 Å². The fourth-order valence-corrected chi connectivity index (χ4v) is 1.14. The Morgan fingerprint density at radius 1 is 1.23 bits per heavy atom. The Morgan fingerprint density at radius 3 is 2.31 bits per heavy atom. The van der Waals surface area contributed by atoms with Crippen molar-refractivity contribution < 1.29 is 0 Å². The SMILES string of the molecule is C=C(CNC)CN(C)CCN(C)C. The van der Waals surface area contributed by atoms with Gasteiger partial charge < -0.3 is 15.1 Å². The summed E-state index contributed by atoms with van der Waals surface area (Å²) in [7, 11) is 8.27. The third-order valence-electron chi connectivity index (χ3n) is 1.85. The van der Waals surface area contributed by atoms with Gasteiger partial charge in [0.1, 0.15) is 0 Å². The Balaban J connectivity index is 3.49. The summed E-state index contributed by atoms with van der Waals surface area (Å²) < 4.78 is 0. The molecule has 0 aromatic rings. The summed E-state index contributed by atoms with van der Waals surface area (Å²) in [5, 5.41) is 3.10. The molecule has 3 nitrogen and oxygen atoms in total. The highest BCUT2D eigenvalue weighted by atomic mass is 15.1. The molecule has 1 N–H and O–H groups in total. The summed E-state index contributed by atoms with van der Waals surface area (Å²) in [6.07, 6.45) is 0. The number of rotatable bonds is 7. The Hall–Kier alpha value is -0.380. The highest BCUT2D eigenvalue weighted by Crippen LogP contribution is 1.92. The number of hydrogen-bond donors (Lipinski definition) is 1. The number of hydrogen-bond acceptors (Lipinski definition) is 3. The summed E-state index contributed by atoms with van der Waals surface area (Å²) in [5.74, 6) is 0. The van der Waals surface area contributed by atoms with E-state index in [1.165, 1.54) is 5.57 Å². The molecule has 0 amide bonds. The van der Waals surface area contributed by atoms with Crippen LogP contribution in [0.4, 0.5) is 0 Å². The highest BCUT2D eigenvalue weighted by Gasteiger charge is 2.00. The zero-order chi connectivity index (χ0) is 10.3. The fourth-order valence-electron chi connectivity index (χ4n) is 1.14. The first-order chi connectivity index (χ1) is 6.06. The van der Waals surface area contributed by atoms with Gasteiger partial charge in [-0.2, -0.15) is 0 Å². The van der Waals surface area contributed by atoms with Crippen molar-refractivity contribution in [3.63, 3.8) is 0 Å². The van der Waals surface area contributed by atoms with E-state index in [2.05, 4.69) is 42.8 Å². The normalized spacial score (nSPS) is 11.2. The van der Waals surface area contributed by atoms with E-state index in [1.807, 2.05) is 7.05 Å². The monoisotopic (exact) mass is 185 g/mol. The Labute approximate surface area is 82.4 Å². The summed E-state index contributed by atoms with van der Waals surface area (Å²) in [4.78, 5) is 4.48. The molecule has 0 fully saturated rings. The standard InChI is InChI=1S/C10H23N3/c1-10(8-11-2)9-13(5)7-6-12(3)4/h11H,1,6-9H2,2-5H3. The van der Waals surface area contributed by atoms with E-state index in [-0.39, 0.29) is 0 Å². The van der Waals surface area contributed by atoms with Crippen LogP contribution in [0.5, 0.6) is 0 Å². The second-order valence-electron chi connectivity index (χ2n) is 3.82. The molecule has 0 aromatic heterocycles. The molecule has 0 heterocycles. The molecule has 0 unspecified atom stereocenters. The van der Waals surface area contributed by atoms with Crippen LogP contribution in [0.25, 0.3) is 0 Å². The smallest absolute Gasteiger partial charge is 0.0200 e. The average molecular weight is 185 g/mol. The summed E-state index contributed by atoms with van der Waals surface area (Å²) in [6, 6.07) is 0. The van der Waals surface area contributed by atoms with E-state index in [4.69, 9.17) is 0 Å². The van der Waals surface area contributed by atoms with E-state index in [1.54, 1.807) is 0 Å². The lowest BCUT2D eigenvalue weighted by atomic mass is 10.3. The lowest BCUT2D eigenvalue weighted by Crippen LogP contribution is -2.31. The molecule has 0 aliphatic rings. The van der Waals surface area contributed by atoms with Gasteiger partial charge in [-0.3, -0.25) is 0 Å². The summed E-state index contributed by atoms with van der Waals surface area (Å²) in [6.45, 7) is 8.08. The maximum atomic E-state index is 3.99. The van der Waals surface area contributed by atoms with Crippen LogP contribution >= 0.6 is 0 Å². The molecule has 0 aliphatic carbocycles. The number of nitrogens with one attached hydrogen (secondary N) is 1. The van der Waals surface area contributed by atoms with Gasteiger partial charge in [-0.25, -0.2) is 0 Å². The molecule has 0 aliphatic heterocycles. The van der Waals surface area contributed by atoms with Crippen LogP contribution in [-0.2, 0) is 0 Å². The Bertz CT molecular complexity index is 143. The molecule has 0 atom stereocenters. The fraction of sp³-hybridized carbons (Fsp3) is 0.800. The first-order valence-corrected chi connectivity index (χ1v) is 4.70. The van der Waals surface area contributed by atoms with Crippen LogP contribution in [-0.4, -0.2) is 64.2 Å². The molecule has 3 heteroatoms. The molecule has 0 spiro atoms. The minimum atomic E-state index is 0.909. The summed E-state index contributed by atoms with van der Waals surface area (Å²) >= 11 is 0. The Morgan fingerprint density at radius 2 is 1.85 bits per heavy atom. The van der Waals surface area contributed by atoms with Gasteiger partial charge in [0.2, 0.25) is 0 Å². The maximum Gasteiger partial charge on any atom is 0.0200 e. The first-order valence-electron chi connectivity index (χ1n) is 4.70. The van der Waals surface area contributed by atoms with Crippen LogP contribution in [0.2, 0.25) is 0 Å². The Kier molecular flexibility index (Phi) is 6.86. The quantitative estimate of drug-likeness (QED) is 0.574. The second kappa shape index (κ2) is 7.06. The molecule has 78 valence electrons. The molecule has 0 rings (SSSR count). The molecule has 0 bridgehead atoms. The molecule has 0 aromatic carbocycles. The van der Waals surface area contributed by atoms with Gasteiger partial charge in [-0.15, -0.1) is 0 Å². The van der Waals surface area contributed by atoms with Gasteiger partial charge in [0.15, 0.2) is 0 Å². The average Bonchev–Trinajstić information content (AvgIpc) is 2.01. The van der Waals surface area contributed by atoms with Crippen LogP contribution < -0.4 is 5.32 Å². The van der Waals surface area contributed by atoms with Gasteiger partial charge in [-0.05, 0) is 33.8 Å². The van der Waals surface area contributed by atoms with Gasteiger partial charge in [0, 0.05) is 26.2 Å².